The number of nitrogens with zero attached hydrogens (tertiary/aromatic N) is 4. The molecule has 2 fully saturated rings. The first-order chi connectivity index (χ1) is 11.6. The summed E-state index contributed by atoms with van der Waals surface area (Å²) in [6, 6.07) is 1.81. The molecule has 2 atom stereocenters. The maximum absolute atomic E-state index is 12.7. The molecule has 0 saturated carbocycles. The van der Waals surface area contributed by atoms with Gasteiger partial charge in [0.25, 0.3) is 0 Å². The smallest absolute Gasteiger partial charge is 0.317 e. The molecule has 1 aromatic rings. The molecule has 3 heterocycles. The number of hydrogen-bond acceptors (Lipinski definition) is 5. The molecule has 2 aliphatic rings. The standard InChI is InChI=1S/C16H24N4O4/c21-15(3-1-5-19-6-2-4-17-19)20-8-13-7-18(10-16(22)23)9-14(20)12-24-11-13/h2,4,6,13-14H,1,3,5,7-12H2,(H,22,23)/t13-,14-/m0/s1. The fourth-order valence-electron chi connectivity index (χ4n) is 3.53. The average molecular weight is 336 g/mol. The van der Waals surface area contributed by atoms with Crippen LogP contribution in [0.2, 0.25) is 0 Å². The quantitative estimate of drug-likeness (QED) is 0.781. The van der Waals surface area contributed by atoms with E-state index in [9.17, 15) is 9.59 Å². The van der Waals surface area contributed by atoms with Crippen LogP contribution >= 0.6 is 0 Å². The summed E-state index contributed by atoms with van der Waals surface area (Å²) in [5.41, 5.74) is 0. The predicted molar refractivity (Wildman–Crippen MR) is 85.3 cm³/mol. The minimum absolute atomic E-state index is 0.0222. The third-order valence-electron chi connectivity index (χ3n) is 4.56. The van der Waals surface area contributed by atoms with Crippen LogP contribution in [0.3, 0.4) is 0 Å². The zero-order valence-corrected chi connectivity index (χ0v) is 13.7. The molecule has 0 radical (unpaired) electrons. The molecule has 8 nitrogen and oxygen atoms in total. The highest BCUT2D eigenvalue weighted by Gasteiger charge is 2.35. The molecule has 1 N–H and O–H groups in total. The molecule has 24 heavy (non-hydrogen) atoms. The van der Waals surface area contributed by atoms with Gasteiger partial charge in [-0.1, -0.05) is 0 Å². The third-order valence-corrected chi connectivity index (χ3v) is 4.56. The molecule has 0 unspecified atom stereocenters. The molecule has 2 saturated heterocycles. The number of fused-ring (bicyclic) bond motifs is 3. The van der Waals surface area contributed by atoms with Gasteiger partial charge in [-0.15, -0.1) is 0 Å². The minimum Gasteiger partial charge on any atom is -0.480 e. The molecular formula is C16H24N4O4. The number of aryl methyl sites for hydroxylation is 1. The summed E-state index contributed by atoms with van der Waals surface area (Å²) in [7, 11) is 0. The van der Waals surface area contributed by atoms with E-state index in [1.54, 1.807) is 6.20 Å². The second-order valence-corrected chi connectivity index (χ2v) is 6.56. The number of amides is 1. The van der Waals surface area contributed by atoms with Gasteiger partial charge in [0.2, 0.25) is 5.91 Å². The summed E-state index contributed by atoms with van der Waals surface area (Å²) >= 11 is 0. The van der Waals surface area contributed by atoms with Crippen LogP contribution in [0.1, 0.15) is 12.8 Å². The van der Waals surface area contributed by atoms with Crippen molar-refractivity contribution in [3.8, 4) is 0 Å². The zero-order valence-electron chi connectivity index (χ0n) is 13.7. The van der Waals surface area contributed by atoms with Gasteiger partial charge < -0.3 is 14.7 Å². The van der Waals surface area contributed by atoms with Crippen LogP contribution in [-0.2, 0) is 20.9 Å². The van der Waals surface area contributed by atoms with Crippen LogP contribution in [0, 0.1) is 5.92 Å². The Labute approximate surface area is 141 Å². The number of aliphatic carboxylic acids is 1. The van der Waals surface area contributed by atoms with Crippen LogP contribution in [0.15, 0.2) is 18.5 Å². The minimum atomic E-state index is -0.826. The Morgan fingerprint density at radius 1 is 1.25 bits per heavy atom. The predicted octanol–water partition coefficient (Wildman–Crippen LogP) is -0.0929. The lowest BCUT2D eigenvalue weighted by molar-refractivity contribution is -0.138. The Kier molecular flexibility index (Phi) is 5.47. The largest absolute Gasteiger partial charge is 0.480 e. The fraction of sp³-hybridized carbons (Fsp3) is 0.688. The Morgan fingerprint density at radius 2 is 2.12 bits per heavy atom. The van der Waals surface area contributed by atoms with Crippen molar-refractivity contribution >= 4 is 11.9 Å². The Morgan fingerprint density at radius 3 is 2.88 bits per heavy atom. The second-order valence-electron chi connectivity index (χ2n) is 6.56. The zero-order chi connectivity index (χ0) is 16.9. The number of carbonyl (C=O) groups excluding carboxylic acids is 1. The molecule has 1 aromatic heterocycles. The van der Waals surface area contributed by atoms with E-state index in [1.165, 1.54) is 0 Å². The van der Waals surface area contributed by atoms with E-state index in [1.807, 2.05) is 26.7 Å². The number of aromatic nitrogens is 2. The highest BCUT2D eigenvalue weighted by Crippen LogP contribution is 2.20. The Bertz CT molecular complexity index is 562. The molecule has 0 aromatic carbocycles. The number of carbonyl (C=O) groups is 2. The van der Waals surface area contributed by atoms with E-state index in [0.717, 1.165) is 13.0 Å². The first-order valence-corrected chi connectivity index (χ1v) is 8.40. The van der Waals surface area contributed by atoms with E-state index >= 15 is 0 Å². The average Bonchev–Trinajstić information content (AvgIpc) is 2.86. The van der Waals surface area contributed by atoms with Gasteiger partial charge in [-0.2, -0.15) is 5.10 Å². The van der Waals surface area contributed by atoms with Gasteiger partial charge in [0.1, 0.15) is 0 Å². The molecule has 8 heteroatoms. The van der Waals surface area contributed by atoms with Crippen LogP contribution in [0.4, 0.5) is 0 Å². The molecule has 2 aliphatic heterocycles. The molecule has 0 spiro atoms. The van der Waals surface area contributed by atoms with Crippen molar-refractivity contribution in [3.63, 3.8) is 0 Å². The van der Waals surface area contributed by atoms with Gasteiger partial charge in [-0.3, -0.25) is 19.2 Å². The van der Waals surface area contributed by atoms with E-state index in [-0.39, 0.29) is 24.4 Å². The normalized spacial score (nSPS) is 24.6. The lowest BCUT2D eigenvalue weighted by atomic mass is 10.1. The van der Waals surface area contributed by atoms with Crippen molar-refractivity contribution in [1.82, 2.24) is 19.6 Å². The summed E-state index contributed by atoms with van der Waals surface area (Å²) in [5.74, 6) is -0.528. The topological polar surface area (TPSA) is 87.9 Å². The number of hydrogen-bond donors (Lipinski definition) is 1. The van der Waals surface area contributed by atoms with E-state index < -0.39 is 5.97 Å². The lowest BCUT2D eigenvalue weighted by Crippen LogP contribution is -2.47. The maximum Gasteiger partial charge on any atom is 0.317 e. The molecule has 132 valence electrons. The van der Waals surface area contributed by atoms with Crippen molar-refractivity contribution in [2.75, 3.05) is 39.4 Å². The van der Waals surface area contributed by atoms with Crippen LogP contribution in [0.25, 0.3) is 0 Å². The second kappa shape index (κ2) is 7.76. The van der Waals surface area contributed by atoms with Gasteiger partial charge in [0, 0.05) is 50.9 Å². The van der Waals surface area contributed by atoms with Gasteiger partial charge in [0.05, 0.1) is 25.8 Å². The summed E-state index contributed by atoms with van der Waals surface area (Å²) in [6.07, 6.45) is 4.84. The molecule has 3 rings (SSSR count). The molecular weight excluding hydrogens is 312 g/mol. The number of ether oxygens (including phenoxy) is 1. The highest BCUT2D eigenvalue weighted by atomic mass is 16.5. The summed E-state index contributed by atoms with van der Waals surface area (Å²) in [4.78, 5) is 27.5. The SMILES string of the molecule is O=C(O)CN1C[C@@H]2COC[C@H](C1)N(C(=O)CCCn1cccn1)C2. The highest BCUT2D eigenvalue weighted by molar-refractivity contribution is 5.76. The van der Waals surface area contributed by atoms with Gasteiger partial charge in [0.15, 0.2) is 0 Å². The van der Waals surface area contributed by atoms with E-state index in [0.29, 0.717) is 39.3 Å². The van der Waals surface area contributed by atoms with Gasteiger partial charge in [-0.05, 0) is 12.5 Å². The van der Waals surface area contributed by atoms with Crippen molar-refractivity contribution < 1.29 is 19.4 Å². The molecule has 0 aliphatic carbocycles. The van der Waals surface area contributed by atoms with Crippen LogP contribution in [-0.4, -0.2) is 82.0 Å². The number of carboxylic acids is 1. The molecule has 1 amide bonds. The first-order valence-electron chi connectivity index (χ1n) is 8.40. The van der Waals surface area contributed by atoms with Crippen molar-refractivity contribution in [2.45, 2.75) is 25.4 Å². The first kappa shape index (κ1) is 16.9. The number of carboxylic acid groups (broad SMARTS) is 1. The van der Waals surface area contributed by atoms with Crippen molar-refractivity contribution in [1.29, 1.82) is 0 Å². The summed E-state index contributed by atoms with van der Waals surface area (Å²) in [5, 5.41) is 13.2. The third kappa shape index (κ3) is 4.33. The van der Waals surface area contributed by atoms with E-state index in [2.05, 4.69) is 5.10 Å². The van der Waals surface area contributed by atoms with Crippen molar-refractivity contribution in [2.24, 2.45) is 5.92 Å². The molecule has 2 bridgehead atoms. The summed E-state index contributed by atoms with van der Waals surface area (Å²) in [6.45, 7) is 3.70. The van der Waals surface area contributed by atoms with E-state index in [4.69, 9.17) is 9.84 Å². The van der Waals surface area contributed by atoms with Crippen molar-refractivity contribution in [3.05, 3.63) is 18.5 Å². The fourth-order valence-corrected chi connectivity index (χ4v) is 3.53. The number of rotatable bonds is 6. The van der Waals surface area contributed by atoms with Crippen LogP contribution in [0.5, 0.6) is 0 Å². The lowest BCUT2D eigenvalue weighted by Gasteiger charge is -2.30. The van der Waals surface area contributed by atoms with Crippen LogP contribution < -0.4 is 0 Å². The van der Waals surface area contributed by atoms with Gasteiger partial charge in [-0.25, -0.2) is 0 Å². The maximum atomic E-state index is 12.7. The Balaban J connectivity index is 1.57. The Hall–Kier alpha value is -1.93. The van der Waals surface area contributed by atoms with Gasteiger partial charge >= 0.3 is 5.97 Å². The summed E-state index contributed by atoms with van der Waals surface area (Å²) < 4.78 is 7.50. The monoisotopic (exact) mass is 336 g/mol.